The van der Waals surface area contributed by atoms with E-state index in [1.807, 2.05) is 0 Å². The molecule has 2 rings (SSSR count). The number of carbonyl (C=O) groups excluding carboxylic acids is 2. The molecular formula is C17H16F4N2O3S. The molecule has 1 aromatic heterocycles. The molecule has 0 bridgehead atoms. The normalized spacial score (nSPS) is 12.6. The zero-order chi connectivity index (χ0) is 20.4. The van der Waals surface area contributed by atoms with Crippen molar-refractivity contribution in [3.63, 3.8) is 0 Å². The molecular weight excluding hydrogens is 388 g/mol. The number of likely N-dealkylation sites (N-methyl/N-ethyl adjacent to an activating group) is 1. The van der Waals surface area contributed by atoms with Crippen molar-refractivity contribution in [3.8, 4) is 0 Å². The van der Waals surface area contributed by atoms with Crippen molar-refractivity contribution < 1.29 is 32.3 Å². The van der Waals surface area contributed by atoms with Crippen LogP contribution < -0.4 is 5.32 Å². The van der Waals surface area contributed by atoms with E-state index in [-0.39, 0.29) is 15.4 Å². The van der Waals surface area contributed by atoms with Crippen LogP contribution in [0.3, 0.4) is 0 Å². The van der Waals surface area contributed by atoms with Gasteiger partial charge in [-0.25, -0.2) is 4.39 Å². The van der Waals surface area contributed by atoms with E-state index in [0.29, 0.717) is 5.56 Å². The molecule has 0 radical (unpaired) electrons. The van der Waals surface area contributed by atoms with E-state index < -0.39 is 36.5 Å². The van der Waals surface area contributed by atoms with E-state index in [2.05, 4.69) is 5.32 Å². The molecule has 1 aromatic carbocycles. The maximum atomic E-state index is 13.2. The monoisotopic (exact) mass is 404 g/mol. The standard InChI is InChI=1S/C17H16F4N2O3S/c1-9-6-13(22-15(25)10-4-3-5-11(18)7-10)27-14(9)16(26)23(2)8-12(24)17(19,20)21/h3-7,12,24H,8H2,1-2H3,(H,22,25)/t12-/m0/s1. The summed E-state index contributed by atoms with van der Waals surface area (Å²) in [5, 5.41) is 11.9. The highest BCUT2D eigenvalue weighted by molar-refractivity contribution is 7.18. The summed E-state index contributed by atoms with van der Waals surface area (Å²) in [6.45, 7) is 0.653. The number of thiophene rings is 1. The van der Waals surface area contributed by atoms with Gasteiger partial charge in [0.05, 0.1) is 16.4 Å². The Hall–Kier alpha value is -2.46. The lowest BCUT2D eigenvalue weighted by Crippen LogP contribution is -2.41. The zero-order valence-electron chi connectivity index (χ0n) is 14.3. The van der Waals surface area contributed by atoms with E-state index in [1.165, 1.54) is 24.3 Å². The Morgan fingerprint density at radius 3 is 2.56 bits per heavy atom. The first-order valence-electron chi connectivity index (χ1n) is 7.66. The molecule has 0 aliphatic heterocycles. The van der Waals surface area contributed by atoms with Crippen molar-refractivity contribution in [2.45, 2.75) is 19.2 Å². The Kier molecular flexibility index (Phi) is 6.22. The van der Waals surface area contributed by atoms with Gasteiger partial charge in [0.2, 0.25) is 0 Å². The Morgan fingerprint density at radius 1 is 1.30 bits per heavy atom. The van der Waals surface area contributed by atoms with Gasteiger partial charge in [0.15, 0.2) is 6.10 Å². The van der Waals surface area contributed by atoms with Crippen LogP contribution in [0, 0.1) is 12.7 Å². The fourth-order valence-electron chi connectivity index (χ4n) is 2.19. The van der Waals surface area contributed by atoms with Gasteiger partial charge in [-0.15, -0.1) is 11.3 Å². The third kappa shape index (κ3) is 5.27. The number of rotatable bonds is 5. The molecule has 0 spiro atoms. The molecule has 10 heteroatoms. The number of hydrogen-bond acceptors (Lipinski definition) is 4. The van der Waals surface area contributed by atoms with Crippen LogP contribution in [0.5, 0.6) is 0 Å². The topological polar surface area (TPSA) is 69.6 Å². The van der Waals surface area contributed by atoms with E-state index >= 15 is 0 Å². The number of aliphatic hydroxyl groups is 1. The van der Waals surface area contributed by atoms with Crippen LogP contribution >= 0.6 is 11.3 Å². The van der Waals surface area contributed by atoms with Crippen LogP contribution in [-0.4, -0.2) is 47.7 Å². The molecule has 0 unspecified atom stereocenters. The van der Waals surface area contributed by atoms with Gasteiger partial charge in [-0.3, -0.25) is 9.59 Å². The smallest absolute Gasteiger partial charge is 0.382 e. The summed E-state index contributed by atoms with van der Waals surface area (Å²) in [5.41, 5.74) is 0.534. The van der Waals surface area contributed by atoms with Gasteiger partial charge in [-0.1, -0.05) is 6.07 Å². The molecule has 146 valence electrons. The van der Waals surface area contributed by atoms with Crippen molar-refractivity contribution in [2.24, 2.45) is 0 Å². The summed E-state index contributed by atoms with van der Waals surface area (Å²) in [7, 11) is 1.14. The second-order valence-electron chi connectivity index (χ2n) is 5.83. The molecule has 0 aliphatic rings. The average Bonchev–Trinajstić information content (AvgIpc) is 2.93. The van der Waals surface area contributed by atoms with Crippen molar-refractivity contribution in [2.75, 3.05) is 18.9 Å². The van der Waals surface area contributed by atoms with Gasteiger partial charge in [0, 0.05) is 12.6 Å². The first-order valence-corrected chi connectivity index (χ1v) is 8.48. The predicted octanol–water partition coefficient (Wildman–Crippen LogP) is 3.44. The van der Waals surface area contributed by atoms with Gasteiger partial charge in [0.25, 0.3) is 11.8 Å². The fourth-order valence-corrected chi connectivity index (χ4v) is 3.25. The molecule has 0 saturated carbocycles. The molecule has 2 amide bonds. The Bertz CT molecular complexity index is 851. The van der Waals surface area contributed by atoms with Crippen molar-refractivity contribution in [1.82, 2.24) is 4.90 Å². The minimum absolute atomic E-state index is 0.0827. The first kappa shape index (κ1) is 20.8. The average molecular weight is 404 g/mol. The summed E-state index contributed by atoms with van der Waals surface area (Å²) in [5.74, 6) is -1.88. The molecule has 1 heterocycles. The number of nitrogens with one attached hydrogen (secondary N) is 1. The van der Waals surface area contributed by atoms with Gasteiger partial charge in [-0.05, 0) is 36.8 Å². The number of halogens is 4. The minimum Gasteiger partial charge on any atom is -0.382 e. The molecule has 0 saturated heterocycles. The minimum atomic E-state index is -4.83. The fraction of sp³-hybridized carbons (Fsp3) is 0.294. The Morgan fingerprint density at radius 2 is 1.96 bits per heavy atom. The number of anilines is 1. The quantitative estimate of drug-likeness (QED) is 0.750. The largest absolute Gasteiger partial charge is 0.416 e. The number of alkyl halides is 3. The van der Waals surface area contributed by atoms with Crippen LogP contribution in [0.4, 0.5) is 22.6 Å². The van der Waals surface area contributed by atoms with Crippen LogP contribution in [0.1, 0.15) is 25.6 Å². The van der Waals surface area contributed by atoms with Crippen LogP contribution in [-0.2, 0) is 0 Å². The van der Waals surface area contributed by atoms with Crippen molar-refractivity contribution in [1.29, 1.82) is 0 Å². The third-order valence-electron chi connectivity index (χ3n) is 3.61. The van der Waals surface area contributed by atoms with Crippen LogP contribution in [0.2, 0.25) is 0 Å². The van der Waals surface area contributed by atoms with Crippen molar-refractivity contribution in [3.05, 3.63) is 52.2 Å². The van der Waals surface area contributed by atoms with Gasteiger partial charge < -0.3 is 15.3 Å². The van der Waals surface area contributed by atoms with E-state index in [1.54, 1.807) is 6.92 Å². The lowest BCUT2D eigenvalue weighted by Gasteiger charge is -2.22. The molecule has 0 aliphatic carbocycles. The third-order valence-corrected chi connectivity index (χ3v) is 4.75. The number of nitrogens with zero attached hydrogens (tertiary/aromatic N) is 1. The summed E-state index contributed by atoms with van der Waals surface area (Å²) >= 11 is 0.878. The SMILES string of the molecule is Cc1cc(NC(=O)c2cccc(F)c2)sc1C(=O)N(C)C[C@H](O)C(F)(F)F. The molecule has 1 atom stereocenters. The number of aliphatic hydroxyl groups excluding tert-OH is 1. The highest BCUT2D eigenvalue weighted by Crippen LogP contribution is 2.29. The van der Waals surface area contributed by atoms with Crippen LogP contribution in [0.15, 0.2) is 30.3 Å². The van der Waals surface area contributed by atoms with E-state index in [0.717, 1.165) is 29.4 Å². The summed E-state index contributed by atoms with van der Waals surface area (Å²) in [4.78, 5) is 25.3. The summed E-state index contributed by atoms with van der Waals surface area (Å²) in [6.07, 6.45) is -7.48. The maximum absolute atomic E-state index is 13.2. The predicted molar refractivity (Wildman–Crippen MR) is 92.4 cm³/mol. The van der Waals surface area contributed by atoms with Crippen LogP contribution in [0.25, 0.3) is 0 Å². The Balaban J connectivity index is 2.11. The van der Waals surface area contributed by atoms with Gasteiger partial charge in [-0.2, -0.15) is 13.2 Å². The number of aryl methyl sites for hydroxylation is 1. The highest BCUT2D eigenvalue weighted by Gasteiger charge is 2.39. The maximum Gasteiger partial charge on any atom is 0.416 e. The lowest BCUT2D eigenvalue weighted by atomic mass is 10.2. The first-order chi connectivity index (χ1) is 12.5. The van der Waals surface area contributed by atoms with E-state index in [9.17, 15) is 27.2 Å². The molecule has 0 fully saturated rings. The summed E-state index contributed by atoms with van der Waals surface area (Å²) < 4.78 is 50.5. The molecule has 2 N–H and O–H groups in total. The molecule has 27 heavy (non-hydrogen) atoms. The summed E-state index contributed by atoms with van der Waals surface area (Å²) in [6, 6.07) is 6.52. The lowest BCUT2D eigenvalue weighted by molar-refractivity contribution is -0.205. The van der Waals surface area contributed by atoms with Crippen molar-refractivity contribution >= 4 is 28.2 Å². The number of benzene rings is 1. The second kappa shape index (κ2) is 8.05. The Labute approximate surface area is 156 Å². The molecule has 2 aromatic rings. The van der Waals surface area contributed by atoms with Gasteiger partial charge in [0.1, 0.15) is 5.82 Å². The zero-order valence-corrected chi connectivity index (χ0v) is 15.1. The number of amides is 2. The number of carbonyl (C=O) groups is 2. The second-order valence-corrected chi connectivity index (χ2v) is 6.88. The van der Waals surface area contributed by atoms with Gasteiger partial charge >= 0.3 is 6.18 Å². The highest BCUT2D eigenvalue weighted by atomic mass is 32.1. The molecule has 5 nitrogen and oxygen atoms in total. The number of hydrogen-bond donors (Lipinski definition) is 2. The van der Waals surface area contributed by atoms with E-state index in [4.69, 9.17) is 5.11 Å².